The third-order valence-corrected chi connectivity index (χ3v) is 11.7. The van der Waals surface area contributed by atoms with Crippen molar-refractivity contribution in [2.24, 2.45) is 0 Å². The summed E-state index contributed by atoms with van der Waals surface area (Å²) in [5.74, 6) is 0. The molecule has 272 valence electrons. The highest BCUT2D eigenvalue weighted by Gasteiger charge is 2.24. The number of fused-ring (bicyclic) bond motifs is 10. The highest BCUT2D eigenvalue weighted by molar-refractivity contribution is 6.26. The molecule has 0 saturated carbocycles. The zero-order valence-corrected chi connectivity index (χ0v) is 31.5. The van der Waals surface area contributed by atoms with Crippen molar-refractivity contribution < 1.29 is 4.42 Å². The van der Waals surface area contributed by atoms with Crippen LogP contribution in [0.15, 0.2) is 217 Å². The van der Waals surface area contributed by atoms with Crippen molar-refractivity contribution in [2.75, 3.05) is 4.90 Å². The van der Waals surface area contributed by atoms with E-state index in [2.05, 4.69) is 226 Å². The molecule has 4 heteroatoms. The number of nitrogens with zero attached hydrogens (tertiary/aromatic N) is 3. The third-order valence-electron chi connectivity index (χ3n) is 11.7. The van der Waals surface area contributed by atoms with Gasteiger partial charge < -0.3 is 18.5 Å². The van der Waals surface area contributed by atoms with Gasteiger partial charge in [-0.05, 0) is 108 Å². The van der Waals surface area contributed by atoms with E-state index in [0.717, 1.165) is 61.4 Å². The quantitative estimate of drug-likeness (QED) is 0.170. The van der Waals surface area contributed by atoms with Crippen LogP contribution in [0.25, 0.3) is 88.1 Å². The lowest BCUT2D eigenvalue weighted by atomic mass is 9.95. The Labute approximate surface area is 334 Å². The van der Waals surface area contributed by atoms with Gasteiger partial charge in [-0.1, -0.05) is 115 Å². The summed E-state index contributed by atoms with van der Waals surface area (Å²) in [5.41, 5.74) is 14.2. The lowest BCUT2D eigenvalue weighted by molar-refractivity contribution is 0.671. The van der Waals surface area contributed by atoms with Gasteiger partial charge in [0.15, 0.2) is 5.58 Å². The second-order valence-electron chi connectivity index (χ2n) is 14.9. The van der Waals surface area contributed by atoms with E-state index in [9.17, 15) is 0 Å². The average Bonchev–Trinajstić information content (AvgIpc) is 3.95. The van der Waals surface area contributed by atoms with Gasteiger partial charge in [0.2, 0.25) is 0 Å². The van der Waals surface area contributed by atoms with Crippen LogP contribution in [0.3, 0.4) is 0 Å². The smallest absolute Gasteiger partial charge is 0.160 e. The van der Waals surface area contributed by atoms with Gasteiger partial charge >= 0.3 is 0 Å². The molecule has 0 fully saturated rings. The Morgan fingerprint density at radius 1 is 0.362 bits per heavy atom. The number of rotatable bonds is 6. The van der Waals surface area contributed by atoms with E-state index in [4.69, 9.17) is 4.42 Å². The summed E-state index contributed by atoms with van der Waals surface area (Å²) < 4.78 is 11.7. The van der Waals surface area contributed by atoms with E-state index in [1.165, 1.54) is 43.7 Å². The summed E-state index contributed by atoms with van der Waals surface area (Å²) in [6.45, 7) is 0. The Kier molecular flexibility index (Phi) is 7.20. The van der Waals surface area contributed by atoms with Crippen molar-refractivity contribution in [3.8, 4) is 22.5 Å². The van der Waals surface area contributed by atoms with Gasteiger partial charge in [0.25, 0.3) is 0 Å². The summed E-state index contributed by atoms with van der Waals surface area (Å²) in [5, 5.41) is 7.02. The number of hydrogen-bond acceptors (Lipinski definition) is 2. The van der Waals surface area contributed by atoms with E-state index in [0.29, 0.717) is 0 Å². The Morgan fingerprint density at radius 3 is 1.60 bits per heavy atom. The van der Waals surface area contributed by atoms with E-state index in [-0.39, 0.29) is 0 Å². The van der Waals surface area contributed by atoms with Crippen LogP contribution in [-0.2, 0) is 0 Å². The molecular formula is C54H35N3O. The third kappa shape index (κ3) is 4.88. The molecule has 0 radical (unpaired) electrons. The first-order valence-corrected chi connectivity index (χ1v) is 19.8. The minimum atomic E-state index is 0.880. The number of aromatic nitrogens is 2. The first-order chi connectivity index (χ1) is 28.8. The minimum absolute atomic E-state index is 0.880. The van der Waals surface area contributed by atoms with Gasteiger partial charge in [-0.3, -0.25) is 0 Å². The molecule has 3 heterocycles. The summed E-state index contributed by atoms with van der Waals surface area (Å²) in [7, 11) is 0. The molecule has 0 aliphatic heterocycles. The molecule has 3 aromatic heterocycles. The second-order valence-corrected chi connectivity index (χ2v) is 14.9. The normalized spacial score (nSPS) is 11.8. The standard InChI is InChI=1S/C54H35N3O/c1-4-16-37(17-5-1)55(38-18-6-2-7-19-38)40-29-31-41(32-30-40)57-49-26-14-11-24-44(49)52-45(35-47-43-23-12-15-27-51(43)58-54(47)53(52)57)36-28-33-50-46(34-36)42-22-10-13-25-48(42)56(50)39-20-8-3-9-21-39/h1-35H. The van der Waals surface area contributed by atoms with Crippen LogP contribution in [-0.4, -0.2) is 9.13 Å². The summed E-state index contributed by atoms with van der Waals surface area (Å²) in [6, 6.07) is 76.0. The monoisotopic (exact) mass is 741 g/mol. The van der Waals surface area contributed by atoms with Crippen molar-refractivity contribution in [2.45, 2.75) is 0 Å². The van der Waals surface area contributed by atoms with Gasteiger partial charge in [0.1, 0.15) is 5.58 Å². The molecule has 12 aromatic rings. The molecule has 0 bridgehead atoms. The topological polar surface area (TPSA) is 26.2 Å². The van der Waals surface area contributed by atoms with Crippen LogP contribution >= 0.6 is 0 Å². The minimum Gasteiger partial charge on any atom is -0.454 e. The first kappa shape index (κ1) is 32.4. The molecule has 0 saturated heterocycles. The Balaban J connectivity index is 1.13. The van der Waals surface area contributed by atoms with Crippen molar-refractivity contribution >= 4 is 82.6 Å². The molecule has 0 N–H and O–H groups in total. The maximum Gasteiger partial charge on any atom is 0.160 e. The van der Waals surface area contributed by atoms with Crippen LogP contribution < -0.4 is 4.90 Å². The zero-order chi connectivity index (χ0) is 38.2. The fraction of sp³-hybridized carbons (Fsp3) is 0. The fourth-order valence-electron chi connectivity index (χ4n) is 9.17. The molecule has 0 unspecified atom stereocenters. The van der Waals surface area contributed by atoms with Crippen molar-refractivity contribution in [1.82, 2.24) is 9.13 Å². The second kappa shape index (κ2) is 12.9. The zero-order valence-electron chi connectivity index (χ0n) is 31.5. The molecule has 12 rings (SSSR count). The van der Waals surface area contributed by atoms with Gasteiger partial charge in [0.05, 0.1) is 22.1 Å². The molecule has 4 nitrogen and oxygen atoms in total. The SMILES string of the molecule is c1ccc(N(c2ccccc2)c2ccc(-n3c4ccccc4c4c(-c5ccc6c(c5)c5ccccc5n6-c5ccccc5)cc5c6ccccc6oc5c43)cc2)cc1. The predicted molar refractivity (Wildman–Crippen MR) is 243 cm³/mol. The average molecular weight is 742 g/mol. The van der Waals surface area contributed by atoms with E-state index in [1.54, 1.807) is 0 Å². The lowest BCUT2D eigenvalue weighted by Crippen LogP contribution is -2.09. The van der Waals surface area contributed by atoms with Gasteiger partial charge in [-0.25, -0.2) is 0 Å². The van der Waals surface area contributed by atoms with Crippen LogP contribution in [0.4, 0.5) is 17.1 Å². The molecular weight excluding hydrogens is 707 g/mol. The largest absolute Gasteiger partial charge is 0.454 e. The predicted octanol–water partition coefficient (Wildman–Crippen LogP) is 14.9. The van der Waals surface area contributed by atoms with Crippen LogP contribution in [0.2, 0.25) is 0 Å². The highest BCUT2D eigenvalue weighted by atomic mass is 16.3. The Hall–Kier alpha value is -7.82. The number of para-hydroxylation sites is 6. The van der Waals surface area contributed by atoms with Crippen LogP contribution in [0.1, 0.15) is 0 Å². The van der Waals surface area contributed by atoms with Crippen molar-refractivity contribution in [3.63, 3.8) is 0 Å². The van der Waals surface area contributed by atoms with Gasteiger partial charge in [-0.15, -0.1) is 0 Å². The van der Waals surface area contributed by atoms with Crippen LogP contribution in [0, 0.1) is 0 Å². The highest BCUT2D eigenvalue weighted by Crippen LogP contribution is 2.47. The Morgan fingerprint density at radius 2 is 0.897 bits per heavy atom. The van der Waals surface area contributed by atoms with Crippen LogP contribution in [0.5, 0.6) is 0 Å². The van der Waals surface area contributed by atoms with Gasteiger partial charge in [-0.2, -0.15) is 0 Å². The summed E-state index contributed by atoms with van der Waals surface area (Å²) >= 11 is 0. The molecule has 0 aliphatic rings. The molecule has 9 aromatic carbocycles. The van der Waals surface area contributed by atoms with E-state index < -0.39 is 0 Å². The molecule has 58 heavy (non-hydrogen) atoms. The first-order valence-electron chi connectivity index (χ1n) is 19.8. The maximum atomic E-state index is 6.87. The molecule has 0 aliphatic carbocycles. The molecule has 0 amide bonds. The Bertz CT molecular complexity index is 3450. The molecule has 0 atom stereocenters. The van der Waals surface area contributed by atoms with Crippen molar-refractivity contribution in [1.29, 1.82) is 0 Å². The molecule has 0 spiro atoms. The summed E-state index contributed by atoms with van der Waals surface area (Å²) in [4.78, 5) is 2.30. The number of furan rings is 1. The summed E-state index contributed by atoms with van der Waals surface area (Å²) in [6.07, 6.45) is 0. The number of anilines is 3. The number of benzene rings is 9. The lowest BCUT2D eigenvalue weighted by Gasteiger charge is -2.25. The fourth-order valence-corrected chi connectivity index (χ4v) is 9.17. The van der Waals surface area contributed by atoms with E-state index >= 15 is 0 Å². The number of hydrogen-bond donors (Lipinski definition) is 0. The van der Waals surface area contributed by atoms with Crippen molar-refractivity contribution in [3.05, 3.63) is 212 Å². The van der Waals surface area contributed by atoms with E-state index in [1.807, 2.05) is 0 Å². The maximum absolute atomic E-state index is 6.87. The van der Waals surface area contributed by atoms with Gasteiger partial charge in [0, 0.05) is 60.8 Å².